The van der Waals surface area contributed by atoms with Crippen LogP contribution in [-0.2, 0) is 16.0 Å². The molecular weight excluding hydrogens is 242 g/mol. The molecule has 1 aromatic carbocycles. The predicted molar refractivity (Wildman–Crippen MR) is 72.8 cm³/mol. The highest BCUT2D eigenvalue weighted by Gasteiger charge is 2.31. The highest BCUT2D eigenvalue weighted by atomic mass is 16.5. The molecule has 2 N–H and O–H groups in total. The lowest BCUT2D eigenvalue weighted by Gasteiger charge is -2.18. The Morgan fingerprint density at radius 3 is 3.00 bits per heavy atom. The van der Waals surface area contributed by atoms with Crippen molar-refractivity contribution < 1.29 is 14.6 Å². The van der Waals surface area contributed by atoms with Crippen LogP contribution in [0.2, 0.25) is 0 Å². The van der Waals surface area contributed by atoms with E-state index < -0.39 is 6.10 Å². The third-order valence-electron chi connectivity index (χ3n) is 3.34. The second-order valence-corrected chi connectivity index (χ2v) is 4.88. The van der Waals surface area contributed by atoms with Crippen molar-refractivity contribution in [1.82, 2.24) is 5.32 Å². The minimum Gasteiger partial charge on any atom is -0.390 e. The number of carbonyl (C=O) groups excluding carboxylic acids is 1. The number of nitrogens with one attached hydrogen (secondary N) is 1. The standard InChI is InChI=1S/C15H21NO3/c1-2-8-19-9-7-14(18)16-15-12-6-4-3-5-11(12)10-13(15)17/h3-6,13,15,17H,2,7-10H2,1H3,(H,16,18)/t13-,15+/m1/s1. The van der Waals surface area contributed by atoms with Crippen LogP contribution in [0.4, 0.5) is 0 Å². The number of fused-ring (bicyclic) bond motifs is 1. The number of amides is 1. The summed E-state index contributed by atoms with van der Waals surface area (Å²) < 4.78 is 5.29. The number of ether oxygens (including phenoxy) is 1. The van der Waals surface area contributed by atoms with Crippen molar-refractivity contribution in [2.24, 2.45) is 0 Å². The molecule has 1 aliphatic rings. The van der Waals surface area contributed by atoms with E-state index in [2.05, 4.69) is 5.32 Å². The fraction of sp³-hybridized carbons (Fsp3) is 0.533. The van der Waals surface area contributed by atoms with Gasteiger partial charge in [-0.05, 0) is 17.5 Å². The van der Waals surface area contributed by atoms with E-state index in [1.165, 1.54) is 0 Å². The zero-order chi connectivity index (χ0) is 13.7. The maximum absolute atomic E-state index is 11.8. The van der Waals surface area contributed by atoms with Gasteiger partial charge in [0.25, 0.3) is 0 Å². The van der Waals surface area contributed by atoms with Crippen LogP contribution in [0.3, 0.4) is 0 Å². The highest BCUT2D eigenvalue weighted by molar-refractivity contribution is 5.76. The average Bonchev–Trinajstić information content (AvgIpc) is 2.72. The molecule has 0 spiro atoms. The van der Waals surface area contributed by atoms with E-state index in [4.69, 9.17) is 4.74 Å². The number of hydrogen-bond acceptors (Lipinski definition) is 3. The van der Waals surface area contributed by atoms with E-state index in [0.29, 0.717) is 26.1 Å². The number of rotatable bonds is 6. The van der Waals surface area contributed by atoms with Gasteiger partial charge in [0.1, 0.15) is 0 Å². The third-order valence-corrected chi connectivity index (χ3v) is 3.34. The number of hydrogen-bond donors (Lipinski definition) is 2. The van der Waals surface area contributed by atoms with Gasteiger partial charge in [0.2, 0.25) is 5.91 Å². The zero-order valence-electron chi connectivity index (χ0n) is 11.3. The van der Waals surface area contributed by atoms with Gasteiger partial charge in [0, 0.05) is 19.4 Å². The van der Waals surface area contributed by atoms with Crippen LogP contribution in [0.25, 0.3) is 0 Å². The van der Waals surface area contributed by atoms with Crippen LogP contribution >= 0.6 is 0 Å². The normalized spacial score (nSPS) is 21.2. The molecule has 0 saturated carbocycles. The molecule has 1 aliphatic carbocycles. The van der Waals surface area contributed by atoms with Crippen molar-refractivity contribution in [3.8, 4) is 0 Å². The molecule has 4 heteroatoms. The van der Waals surface area contributed by atoms with E-state index in [1.807, 2.05) is 31.2 Å². The van der Waals surface area contributed by atoms with Crippen molar-refractivity contribution in [3.05, 3.63) is 35.4 Å². The summed E-state index contributed by atoms with van der Waals surface area (Å²) in [5, 5.41) is 12.9. The molecule has 0 heterocycles. The molecule has 2 atom stereocenters. The monoisotopic (exact) mass is 263 g/mol. The minimum absolute atomic E-state index is 0.0724. The average molecular weight is 263 g/mol. The van der Waals surface area contributed by atoms with Gasteiger partial charge in [-0.15, -0.1) is 0 Å². The van der Waals surface area contributed by atoms with Crippen molar-refractivity contribution in [2.75, 3.05) is 13.2 Å². The summed E-state index contributed by atoms with van der Waals surface area (Å²) in [6, 6.07) is 7.56. The summed E-state index contributed by atoms with van der Waals surface area (Å²) in [5.74, 6) is -0.0724. The van der Waals surface area contributed by atoms with Crippen LogP contribution in [0.5, 0.6) is 0 Å². The molecule has 0 aromatic heterocycles. The number of carbonyl (C=O) groups is 1. The van der Waals surface area contributed by atoms with E-state index in [-0.39, 0.29) is 11.9 Å². The SMILES string of the molecule is CCCOCCC(=O)N[C@H]1c2ccccc2C[C@H]1O. The Balaban J connectivity index is 1.87. The molecular formula is C15H21NO3. The van der Waals surface area contributed by atoms with Crippen molar-refractivity contribution >= 4 is 5.91 Å². The topological polar surface area (TPSA) is 58.6 Å². The molecule has 0 aliphatic heterocycles. The lowest BCUT2D eigenvalue weighted by atomic mass is 10.1. The van der Waals surface area contributed by atoms with E-state index in [0.717, 1.165) is 17.5 Å². The lowest BCUT2D eigenvalue weighted by Crippen LogP contribution is -2.34. The summed E-state index contributed by atoms with van der Waals surface area (Å²) in [6.07, 6.45) is 1.37. The van der Waals surface area contributed by atoms with Crippen molar-refractivity contribution in [3.63, 3.8) is 0 Å². The first kappa shape index (κ1) is 14.0. The molecule has 0 fully saturated rings. The number of aliphatic hydroxyl groups excluding tert-OH is 1. The van der Waals surface area contributed by atoms with Crippen LogP contribution < -0.4 is 5.32 Å². The van der Waals surface area contributed by atoms with Gasteiger partial charge in [0.05, 0.1) is 18.8 Å². The second kappa shape index (κ2) is 6.68. The van der Waals surface area contributed by atoms with Crippen molar-refractivity contribution in [1.29, 1.82) is 0 Å². The Morgan fingerprint density at radius 2 is 2.21 bits per heavy atom. The maximum Gasteiger partial charge on any atom is 0.222 e. The first-order valence-electron chi connectivity index (χ1n) is 6.85. The van der Waals surface area contributed by atoms with Gasteiger partial charge in [-0.1, -0.05) is 31.2 Å². The van der Waals surface area contributed by atoms with Gasteiger partial charge in [0.15, 0.2) is 0 Å². The van der Waals surface area contributed by atoms with Gasteiger partial charge < -0.3 is 15.2 Å². The molecule has 0 radical (unpaired) electrons. The molecule has 2 rings (SSSR count). The first-order chi connectivity index (χ1) is 9.22. The summed E-state index contributed by atoms with van der Waals surface area (Å²) in [4.78, 5) is 11.8. The largest absolute Gasteiger partial charge is 0.390 e. The molecule has 1 amide bonds. The van der Waals surface area contributed by atoms with Gasteiger partial charge in [-0.25, -0.2) is 0 Å². The molecule has 19 heavy (non-hydrogen) atoms. The van der Waals surface area contributed by atoms with Crippen molar-refractivity contribution in [2.45, 2.75) is 38.3 Å². The lowest BCUT2D eigenvalue weighted by molar-refractivity contribution is -0.123. The van der Waals surface area contributed by atoms with E-state index >= 15 is 0 Å². The molecule has 104 valence electrons. The van der Waals surface area contributed by atoms with Crippen LogP contribution in [0, 0.1) is 0 Å². The fourth-order valence-corrected chi connectivity index (χ4v) is 2.40. The Labute approximate surface area is 113 Å². The summed E-state index contributed by atoms with van der Waals surface area (Å²) in [5.41, 5.74) is 2.14. The Morgan fingerprint density at radius 1 is 1.42 bits per heavy atom. The van der Waals surface area contributed by atoms with Crippen LogP contribution in [0.15, 0.2) is 24.3 Å². The van der Waals surface area contributed by atoms with E-state index in [9.17, 15) is 9.90 Å². The van der Waals surface area contributed by atoms with Gasteiger partial charge >= 0.3 is 0 Å². The van der Waals surface area contributed by atoms with Crippen LogP contribution in [-0.4, -0.2) is 30.3 Å². The van der Waals surface area contributed by atoms with Gasteiger partial charge in [-0.3, -0.25) is 4.79 Å². The Hall–Kier alpha value is -1.39. The van der Waals surface area contributed by atoms with Gasteiger partial charge in [-0.2, -0.15) is 0 Å². The quantitative estimate of drug-likeness (QED) is 0.766. The third kappa shape index (κ3) is 3.55. The summed E-state index contributed by atoms with van der Waals surface area (Å²) in [6.45, 7) is 3.15. The Bertz CT molecular complexity index is 433. The maximum atomic E-state index is 11.8. The molecule has 0 bridgehead atoms. The second-order valence-electron chi connectivity index (χ2n) is 4.88. The minimum atomic E-state index is -0.530. The molecule has 0 unspecified atom stereocenters. The summed E-state index contributed by atoms with van der Waals surface area (Å²) in [7, 11) is 0. The summed E-state index contributed by atoms with van der Waals surface area (Å²) >= 11 is 0. The number of benzene rings is 1. The van der Waals surface area contributed by atoms with E-state index in [1.54, 1.807) is 0 Å². The fourth-order valence-electron chi connectivity index (χ4n) is 2.40. The molecule has 0 saturated heterocycles. The highest BCUT2D eigenvalue weighted by Crippen LogP contribution is 2.31. The number of aliphatic hydroxyl groups is 1. The Kier molecular flexibility index (Phi) is 4.93. The zero-order valence-corrected chi connectivity index (χ0v) is 11.3. The molecule has 4 nitrogen and oxygen atoms in total. The van der Waals surface area contributed by atoms with Crippen LogP contribution in [0.1, 0.15) is 36.9 Å². The molecule has 1 aromatic rings. The predicted octanol–water partition coefficient (Wildman–Crippen LogP) is 1.58. The smallest absolute Gasteiger partial charge is 0.222 e. The first-order valence-corrected chi connectivity index (χ1v) is 6.85.